The van der Waals surface area contributed by atoms with Gasteiger partial charge in [0.05, 0.1) is 10.7 Å². The highest BCUT2D eigenvalue weighted by molar-refractivity contribution is 14.1. The van der Waals surface area contributed by atoms with Crippen molar-refractivity contribution in [2.45, 2.75) is 9.79 Å². The predicted molar refractivity (Wildman–Crippen MR) is 80.7 cm³/mol. The molecule has 2 aromatic rings. The van der Waals surface area contributed by atoms with Gasteiger partial charge in [-0.2, -0.15) is 0 Å². The van der Waals surface area contributed by atoms with E-state index in [1.165, 1.54) is 4.90 Å². The van der Waals surface area contributed by atoms with Crippen molar-refractivity contribution in [2.24, 2.45) is 0 Å². The minimum absolute atomic E-state index is 0.787. The Morgan fingerprint density at radius 2 is 1.71 bits per heavy atom. The number of hydrogen-bond acceptors (Lipinski definition) is 3. The summed E-state index contributed by atoms with van der Waals surface area (Å²) in [5.41, 5.74) is 6.44. The largest absolute Gasteiger partial charge is 0.496 e. The van der Waals surface area contributed by atoms with Gasteiger partial charge in [-0.1, -0.05) is 11.8 Å². The van der Waals surface area contributed by atoms with Gasteiger partial charge < -0.3 is 10.5 Å². The van der Waals surface area contributed by atoms with Crippen molar-refractivity contribution in [3.05, 3.63) is 46.0 Å². The summed E-state index contributed by atoms with van der Waals surface area (Å²) in [4.78, 5) is 2.33. The third-order valence-corrected chi connectivity index (χ3v) is 4.13. The van der Waals surface area contributed by atoms with Gasteiger partial charge in [-0.25, -0.2) is 0 Å². The summed E-state index contributed by atoms with van der Waals surface area (Å²) in [6.07, 6.45) is 0. The van der Waals surface area contributed by atoms with Crippen LogP contribution < -0.4 is 10.5 Å². The minimum atomic E-state index is 0.787. The molecule has 0 aliphatic carbocycles. The van der Waals surface area contributed by atoms with Gasteiger partial charge in [0.15, 0.2) is 0 Å². The third kappa shape index (κ3) is 3.29. The highest BCUT2D eigenvalue weighted by atomic mass is 127. The van der Waals surface area contributed by atoms with Gasteiger partial charge in [0.2, 0.25) is 0 Å². The van der Waals surface area contributed by atoms with Crippen LogP contribution in [0.5, 0.6) is 5.75 Å². The van der Waals surface area contributed by atoms with Crippen LogP contribution in [0.4, 0.5) is 5.69 Å². The Morgan fingerprint density at radius 3 is 2.35 bits per heavy atom. The Hall–Kier alpha value is -0.880. The molecule has 17 heavy (non-hydrogen) atoms. The number of anilines is 1. The van der Waals surface area contributed by atoms with Gasteiger partial charge in [0, 0.05) is 15.5 Å². The van der Waals surface area contributed by atoms with Crippen molar-refractivity contribution < 1.29 is 4.74 Å². The molecule has 0 aliphatic heterocycles. The second-order valence-corrected chi connectivity index (χ2v) is 5.78. The van der Waals surface area contributed by atoms with Crippen LogP contribution in [-0.2, 0) is 0 Å². The topological polar surface area (TPSA) is 35.2 Å². The maximum Gasteiger partial charge on any atom is 0.133 e. The lowest BCUT2D eigenvalue weighted by Crippen LogP contribution is -1.87. The van der Waals surface area contributed by atoms with Gasteiger partial charge in [-0.05, 0) is 65.1 Å². The SMILES string of the molecule is COc1cc(Sc2ccc(N)cc2)ccc1I. The van der Waals surface area contributed by atoms with Crippen LogP contribution in [0.25, 0.3) is 0 Å². The van der Waals surface area contributed by atoms with Gasteiger partial charge >= 0.3 is 0 Å². The lowest BCUT2D eigenvalue weighted by atomic mass is 10.3. The zero-order valence-electron chi connectivity index (χ0n) is 9.31. The second-order valence-electron chi connectivity index (χ2n) is 3.47. The van der Waals surface area contributed by atoms with Crippen LogP contribution >= 0.6 is 34.4 Å². The van der Waals surface area contributed by atoms with E-state index in [2.05, 4.69) is 34.7 Å². The molecule has 4 heteroatoms. The van der Waals surface area contributed by atoms with Crippen LogP contribution in [0.15, 0.2) is 52.3 Å². The monoisotopic (exact) mass is 357 g/mol. The molecule has 2 aromatic carbocycles. The molecule has 0 aromatic heterocycles. The van der Waals surface area contributed by atoms with Gasteiger partial charge in [0.1, 0.15) is 5.75 Å². The molecule has 0 fully saturated rings. The van der Waals surface area contributed by atoms with Gasteiger partial charge in [-0.15, -0.1) is 0 Å². The molecule has 0 radical (unpaired) electrons. The highest BCUT2D eigenvalue weighted by Gasteiger charge is 2.03. The second kappa shape index (κ2) is 5.64. The lowest BCUT2D eigenvalue weighted by molar-refractivity contribution is 0.410. The van der Waals surface area contributed by atoms with Crippen molar-refractivity contribution in [2.75, 3.05) is 12.8 Å². The highest BCUT2D eigenvalue weighted by Crippen LogP contribution is 2.32. The zero-order valence-corrected chi connectivity index (χ0v) is 12.3. The summed E-state index contributed by atoms with van der Waals surface area (Å²) in [6, 6.07) is 14.0. The van der Waals surface area contributed by atoms with E-state index in [-0.39, 0.29) is 0 Å². The Labute approximate surface area is 119 Å². The molecular weight excluding hydrogens is 345 g/mol. The number of benzene rings is 2. The van der Waals surface area contributed by atoms with Crippen molar-refractivity contribution in [3.8, 4) is 5.75 Å². The van der Waals surface area contributed by atoms with Gasteiger partial charge in [-0.3, -0.25) is 0 Å². The number of rotatable bonds is 3. The van der Waals surface area contributed by atoms with Crippen LogP contribution in [0.2, 0.25) is 0 Å². The fourth-order valence-electron chi connectivity index (χ4n) is 1.38. The maximum absolute atomic E-state index is 5.66. The molecule has 88 valence electrons. The Kier molecular flexibility index (Phi) is 4.17. The van der Waals surface area contributed by atoms with Crippen molar-refractivity contribution in [1.82, 2.24) is 0 Å². The summed E-state index contributed by atoms with van der Waals surface area (Å²) >= 11 is 3.96. The summed E-state index contributed by atoms with van der Waals surface area (Å²) in [6.45, 7) is 0. The number of nitrogen functional groups attached to an aromatic ring is 1. The molecule has 0 spiro atoms. The van der Waals surface area contributed by atoms with E-state index in [1.54, 1.807) is 18.9 Å². The molecule has 0 bridgehead atoms. The van der Waals surface area contributed by atoms with E-state index < -0.39 is 0 Å². The first kappa shape index (κ1) is 12.6. The van der Waals surface area contributed by atoms with Crippen LogP contribution in [0.3, 0.4) is 0 Å². The number of hydrogen-bond donors (Lipinski definition) is 1. The van der Waals surface area contributed by atoms with E-state index in [1.807, 2.05) is 30.3 Å². The molecule has 0 unspecified atom stereocenters. The molecule has 2 rings (SSSR count). The molecule has 0 heterocycles. The predicted octanol–water partition coefficient (Wildman–Crippen LogP) is 4.03. The molecule has 0 saturated heterocycles. The Bertz CT molecular complexity index is 513. The average Bonchev–Trinajstić information content (AvgIpc) is 2.34. The standard InChI is InChI=1S/C13H12INOS/c1-16-13-8-11(6-7-12(13)14)17-10-4-2-9(15)3-5-10/h2-8H,15H2,1H3. The fourth-order valence-corrected chi connectivity index (χ4v) is 2.78. The first-order valence-electron chi connectivity index (χ1n) is 5.06. The molecule has 0 amide bonds. The zero-order chi connectivity index (χ0) is 12.3. The first-order chi connectivity index (χ1) is 8.19. The van der Waals surface area contributed by atoms with Crippen LogP contribution in [0, 0.1) is 3.57 Å². The Morgan fingerprint density at radius 1 is 1.06 bits per heavy atom. The van der Waals surface area contributed by atoms with E-state index in [9.17, 15) is 0 Å². The van der Waals surface area contributed by atoms with E-state index in [0.29, 0.717) is 0 Å². The molecule has 0 saturated carbocycles. The maximum atomic E-state index is 5.66. The van der Waals surface area contributed by atoms with Gasteiger partial charge in [0.25, 0.3) is 0 Å². The van der Waals surface area contributed by atoms with Crippen molar-refractivity contribution >= 4 is 40.0 Å². The summed E-state index contributed by atoms with van der Waals surface area (Å²) in [5, 5.41) is 0. The minimum Gasteiger partial charge on any atom is -0.496 e. The Balaban J connectivity index is 2.21. The van der Waals surface area contributed by atoms with Crippen LogP contribution in [0.1, 0.15) is 0 Å². The summed E-state index contributed by atoms with van der Waals surface area (Å²) in [5.74, 6) is 0.908. The van der Waals surface area contributed by atoms with Crippen molar-refractivity contribution in [1.29, 1.82) is 0 Å². The molecule has 0 atom stereocenters. The number of methoxy groups -OCH3 is 1. The summed E-state index contributed by atoms with van der Waals surface area (Å²) in [7, 11) is 1.69. The quantitative estimate of drug-likeness (QED) is 0.665. The fraction of sp³-hybridized carbons (Fsp3) is 0.0769. The normalized spacial score (nSPS) is 10.2. The molecule has 2 N–H and O–H groups in total. The molecule has 2 nitrogen and oxygen atoms in total. The number of nitrogens with two attached hydrogens (primary N) is 1. The third-order valence-electron chi connectivity index (χ3n) is 2.24. The van der Waals surface area contributed by atoms with Crippen LogP contribution in [-0.4, -0.2) is 7.11 Å². The number of ether oxygens (including phenoxy) is 1. The first-order valence-corrected chi connectivity index (χ1v) is 6.95. The average molecular weight is 357 g/mol. The smallest absolute Gasteiger partial charge is 0.133 e. The lowest BCUT2D eigenvalue weighted by Gasteiger charge is -2.06. The number of halogens is 1. The van der Waals surface area contributed by atoms with E-state index >= 15 is 0 Å². The van der Waals surface area contributed by atoms with E-state index in [4.69, 9.17) is 10.5 Å². The van der Waals surface area contributed by atoms with Crippen molar-refractivity contribution in [3.63, 3.8) is 0 Å². The van der Waals surface area contributed by atoms with E-state index in [0.717, 1.165) is 19.9 Å². The molecule has 0 aliphatic rings. The molecular formula is C13H12INOS. The summed E-state index contributed by atoms with van der Waals surface area (Å²) < 4.78 is 6.42.